The lowest BCUT2D eigenvalue weighted by atomic mass is 9.96. The number of furan rings is 1. The second-order valence-corrected chi connectivity index (χ2v) is 15.4. The average molecular weight is 766 g/mol. The molecule has 0 aliphatic heterocycles. The van der Waals surface area contributed by atoms with Gasteiger partial charge in [-0.2, -0.15) is 0 Å². The van der Waals surface area contributed by atoms with Gasteiger partial charge in [0.15, 0.2) is 0 Å². The Labute approximate surface area is 349 Å². The van der Waals surface area contributed by atoms with Gasteiger partial charge in [-0.3, -0.25) is 0 Å². The molecule has 11 aromatic rings. The minimum Gasteiger partial charge on any atom is -0.456 e. The molecule has 11 rings (SSSR count). The van der Waals surface area contributed by atoms with Gasteiger partial charge < -0.3 is 9.32 Å². The molecule has 60 heavy (non-hydrogen) atoms. The Bertz CT molecular complexity index is 3270. The molecule has 282 valence electrons. The number of para-hydroxylation sites is 1. The SMILES string of the molecule is c1ccc(-c2ccc(-c3ccc(N(c4ccc(-c5ccc(-c6cccc(-c7ccc8ccccc8c7)c6)cc5)cc4)c4ccc5oc6ccccc6c5c4)cc3)cc2)cc1. The second-order valence-electron chi connectivity index (χ2n) is 15.4. The van der Waals surface area contributed by atoms with Gasteiger partial charge >= 0.3 is 0 Å². The van der Waals surface area contributed by atoms with Crippen LogP contribution in [0.4, 0.5) is 17.1 Å². The molecule has 0 aliphatic rings. The van der Waals surface area contributed by atoms with Gasteiger partial charge in [0.25, 0.3) is 0 Å². The molecule has 0 saturated heterocycles. The maximum Gasteiger partial charge on any atom is 0.135 e. The van der Waals surface area contributed by atoms with Gasteiger partial charge in [-0.1, -0.05) is 176 Å². The molecule has 2 nitrogen and oxygen atoms in total. The first-order valence-electron chi connectivity index (χ1n) is 20.5. The number of fused-ring (bicyclic) bond motifs is 4. The van der Waals surface area contributed by atoms with E-state index in [1.807, 2.05) is 12.1 Å². The summed E-state index contributed by atoms with van der Waals surface area (Å²) in [7, 11) is 0. The third kappa shape index (κ3) is 6.70. The topological polar surface area (TPSA) is 16.4 Å². The van der Waals surface area contributed by atoms with Crippen LogP contribution in [-0.2, 0) is 0 Å². The predicted molar refractivity (Wildman–Crippen MR) is 253 cm³/mol. The summed E-state index contributed by atoms with van der Waals surface area (Å²) in [4.78, 5) is 2.33. The number of hydrogen-bond donors (Lipinski definition) is 0. The van der Waals surface area contributed by atoms with E-state index in [9.17, 15) is 0 Å². The van der Waals surface area contributed by atoms with Crippen LogP contribution < -0.4 is 4.90 Å². The fourth-order valence-corrected chi connectivity index (χ4v) is 8.49. The van der Waals surface area contributed by atoms with Crippen LogP contribution in [0.1, 0.15) is 0 Å². The summed E-state index contributed by atoms with van der Waals surface area (Å²) in [6.07, 6.45) is 0. The van der Waals surface area contributed by atoms with Crippen molar-refractivity contribution in [3.63, 3.8) is 0 Å². The van der Waals surface area contributed by atoms with Crippen LogP contribution >= 0.6 is 0 Å². The first-order valence-corrected chi connectivity index (χ1v) is 20.5. The van der Waals surface area contributed by atoms with E-state index in [2.05, 4.69) is 229 Å². The molecule has 0 N–H and O–H groups in total. The number of hydrogen-bond acceptors (Lipinski definition) is 2. The van der Waals surface area contributed by atoms with Gasteiger partial charge in [-0.05, 0) is 127 Å². The summed E-state index contributed by atoms with van der Waals surface area (Å²) in [5.74, 6) is 0. The molecule has 0 aliphatic carbocycles. The van der Waals surface area contributed by atoms with E-state index >= 15 is 0 Å². The average Bonchev–Trinajstić information content (AvgIpc) is 3.70. The molecule has 0 unspecified atom stereocenters. The quantitative estimate of drug-likeness (QED) is 0.153. The summed E-state index contributed by atoms with van der Waals surface area (Å²) in [6.45, 7) is 0. The van der Waals surface area contributed by atoms with Crippen molar-refractivity contribution in [1.82, 2.24) is 0 Å². The first kappa shape index (κ1) is 35.2. The summed E-state index contributed by atoms with van der Waals surface area (Å²) < 4.78 is 6.22. The number of anilines is 3. The molecule has 0 bridgehead atoms. The molecule has 10 aromatic carbocycles. The van der Waals surface area contributed by atoms with Gasteiger partial charge in [-0.15, -0.1) is 0 Å². The standard InChI is InChI=1S/C58H39NO/c1-2-9-40(10-3-1)42-17-19-43(20-18-42)45-27-31-52(32-28-45)59(54-35-36-58-56(39-54)55-15-6-7-16-57(55)60-58)53-33-29-46(30-34-53)44-21-23-47(24-22-44)49-13-8-14-50(37-49)51-26-25-41-11-4-5-12-48(41)38-51/h1-39H. The van der Waals surface area contributed by atoms with Crippen LogP contribution in [-0.4, -0.2) is 0 Å². The third-order valence-corrected chi connectivity index (χ3v) is 11.7. The van der Waals surface area contributed by atoms with E-state index < -0.39 is 0 Å². The summed E-state index contributed by atoms with van der Waals surface area (Å²) >= 11 is 0. The van der Waals surface area contributed by atoms with Gasteiger partial charge in [0, 0.05) is 27.8 Å². The molecule has 1 heterocycles. The van der Waals surface area contributed by atoms with Crippen LogP contribution in [0.2, 0.25) is 0 Å². The number of nitrogens with zero attached hydrogens (tertiary/aromatic N) is 1. The van der Waals surface area contributed by atoms with E-state index in [-0.39, 0.29) is 0 Å². The highest BCUT2D eigenvalue weighted by Crippen LogP contribution is 2.40. The van der Waals surface area contributed by atoms with Crippen molar-refractivity contribution in [2.24, 2.45) is 0 Å². The number of rotatable bonds is 8. The van der Waals surface area contributed by atoms with Crippen molar-refractivity contribution in [2.75, 3.05) is 4.90 Å². The summed E-state index contributed by atoms with van der Waals surface area (Å²) in [5.41, 5.74) is 17.0. The lowest BCUT2D eigenvalue weighted by Gasteiger charge is -2.26. The Morgan fingerprint density at radius 3 is 1.28 bits per heavy atom. The molecule has 1 aromatic heterocycles. The Kier molecular flexibility index (Phi) is 8.87. The van der Waals surface area contributed by atoms with Gasteiger partial charge in [0.05, 0.1) is 0 Å². The molecule has 0 atom stereocenters. The normalized spacial score (nSPS) is 11.3. The molecule has 0 radical (unpaired) electrons. The molecule has 0 fully saturated rings. The summed E-state index contributed by atoms with van der Waals surface area (Å²) in [6, 6.07) is 84.9. The Hall–Kier alpha value is -7.94. The molecule has 0 amide bonds. The minimum absolute atomic E-state index is 0.883. The van der Waals surface area contributed by atoms with Gasteiger partial charge in [0.1, 0.15) is 11.2 Å². The Morgan fingerprint density at radius 1 is 0.233 bits per heavy atom. The van der Waals surface area contributed by atoms with E-state index in [1.165, 1.54) is 66.4 Å². The van der Waals surface area contributed by atoms with Crippen LogP contribution in [0, 0.1) is 0 Å². The van der Waals surface area contributed by atoms with E-state index in [0.717, 1.165) is 39.0 Å². The monoisotopic (exact) mass is 765 g/mol. The zero-order valence-corrected chi connectivity index (χ0v) is 32.9. The van der Waals surface area contributed by atoms with Crippen LogP contribution in [0.15, 0.2) is 241 Å². The zero-order chi connectivity index (χ0) is 39.8. The minimum atomic E-state index is 0.883. The Balaban J connectivity index is 0.900. The molecular weight excluding hydrogens is 727 g/mol. The molecule has 0 spiro atoms. The van der Waals surface area contributed by atoms with E-state index in [4.69, 9.17) is 4.42 Å². The zero-order valence-electron chi connectivity index (χ0n) is 32.9. The van der Waals surface area contributed by atoms with Gasteiger partial charge in [-0.25, -0.2) is 0 Å². The van der Waals surface area contributed by atoms with Crippen molar-refractivity contribution in [2.45, 2.75) is 0 Å². The first-order chi connectivity index (χ1) is 29.7. The molecule has 0 saturated carbocycles. The van der Waals surface area contributed by atoms with E-state index in [0.29, 0.717) is 0 Å². The van der Waals surface area contributed by atoms with Crippen molar-refractivity contribution in [3.8, 4) is 55.6 Å². The highest BCUT2D eigenvalue weighted by molar-refractivity contribution is 6.06. The fraction of sp³-hybridized carbons (Fsp3) is 0. The Morgan fingerprint density at radius 2 is 0.650 bits per heavy atom. The van der Waals surface area contributed by atoms with Crippen LogP contribution in [0.3, 0.4) is 0 Å². The molecular formula is C58H39NO. The van der Waals surface area contributed by atoms with Crippen molar-refractivity contribution >= 4 is 49.8 Å². The van der Waals surface area contributed by atoms with Crippen molar-refractivity contribution < 1.29 is 4.42 Å². The maximum absolute atomic E-state index is 6.22. The van der Waals surface area contributed by atoms with Gasteiger partial charge in [0.2, 0.25) is 0 Å². The largest absolute Gasteiger partial charge is 0.456 e. The van der Waals surface area contributed by atoms with Crippen molar-refractivity contribution in [1.29, 1.82) is 0 Å². The van der Waals surface area contributed by atoms with Crippen LogP contribution in [0.5, 0.6) is 0 Å². The highest BCUT2D eigenvalue weighted by atomic mass is 16.3. The van der Waals surface area contributed by atoms with Crippen LogP contribution in [0.25, 0.3) is 88.3 Å². The number of benzene rings is 10. The lowest BCUT2D eigenvalue weighted by Crippen LogP contribution is -2.09. The highest BCUT2D eigenvalue weighted by Gasteiger charge is 2.16. The van der Waals surface area contributed by atoms with Crippen molar-refractivity contribution in [3.05, 3.63) is 237 Å². The fourth-order valence-electron chi connectivity index (χ4n) is 8.49. The van der Waals surface area contributed by atoms with E-state index in [1.54, 1.807) is 0 Å². The smallest absolute Gasteiger partial charge is 0.135 e. The summed E-state index contributed by atoms with van der Waals surface area (Å²) in [5, 5.41) is 4.73. The maximum atomic E-state index is 6.22. The lowest BCUT2D eigenvalue weighted by molar-refractivity contribution is 0.669. The second kappa shape index (κ2) is 15.1. The molecule has 2 heteroatoms. The predicted octanol–water partition coefficient (Wildman–Crippen LogP) is 16.5. The third-order valence-electron chi connectivity index (χ3n) is 11.7.